The molecule has 102 valence electrons. The third-order valence-electron chi connectivity index (χ3n) is 4.21. The standard InChI is InChI=1S/C15H19NO3/c1-18-15(17)13-6-7-19-14(13)10-16-8-11-4-2-3-5-12(11)9-16/h2-3,6-7,11-12H,4-5,8-10H2,1H3/t11-,12+. The molecule has 2 atom stereocenters. The van der Waals surface area contributed by atoms with Crippen molar-refractivity contribution in [3.05, 3.63) is 35.8 Å². The van der Waals surface area contributed by atoms with Gasteiger partial charge < -0.3 is 9.15 Å². The first-order chi connectivity index (χ1) is 9.28. The fourth-order valence-corrected chi connectivity index (χ4v) is 3.20. The van der Waals surface area contributed by atoms with E-state index in [9.17, 15) is 4.79 Å². The predicted octanol–water partition coefficient (Wildman–Crippen LogP) is 2.46. The summed E-state index contributed by atoms with van der Waals surface area (Å²) in [6.45, 7) is 2.89. The van der Waals surface area contributed by atoms with Crippen LogP contribution in [-0.2, 0) is 11.3 Å². The number of rotatable bonds is 3. The van der Waals surface area contributed by atoms with Gasteiger partial charge in [0.2, 0.25) is 0 Å². The van der Waals surface area contributed by atoms with Crippen molar-refractivity contribution in [3.63, 3.8) is 0 Å². The van der Waals surface area contributed by atoms with Crippen molar-refractivity contribution < 1.29 is 13.9 Å². The minimum absolute atomic E-state index is 0.318. The molecule has 0 bridgehead atoms. The highest BCUT2D eigenvalue weighted by Gasteiger charge is 2.33. The van der Waals surface area contributed by atoms with E-state index < -0.39 is 0 Å². The first-order valence-corrected chi connectivity index (χ1v) is 6.80. The van der Waals surface area contributed by atoms with Crippen molar-refractivity contribution in [2.24, 2.45) is 11.8 Å². The summed E-state index contributed by atoms with van der Waals surface area (Å²) in [5, 5.41) is 0. The Hall–Kier alpha value is -1.55. The van der Waals surface area contributed by atoms with Crippen molar-refractivity contribution in [1.82, 2.24) is 4.90 Å². The van der Waals surface area contributed by atoms with Gasteiger partial charge in [-0.3, -0.25) is 4.90 Å². The molecule has 0 spiro atoms. The van der Waals surface area contributed by atoms with E-state index in [0.717, 1.165) is 30.7 Å². The number of hydrogen-bond acceptors (Lipinski definition) is 4. The summed E-state index contributed by atoms with van der Waals surface area (Å²) in [6, 6.07) is 1.69. The average Bonchev–Trinajstić information content (AvgIpc) is 3.04. The molecule has 0 radical (unpaired) electrons. The molecule has 0 unspecified atom stereocenters. The maximum Gasteiger partial charge on any atom is 0.341 e. The lowest BCUT2D eigenvalue weighted by Crippen LogP contribution is -2.21. The Bertz CT molecular complexity index is 475. The van der Waals surface area contributed by atoms with E-state index in [0.29, 0.717) is 12.1 Å². The molecule has 1 aliphatic carbocycles. The monoisotopic (exact) mass is 261 g/mol. The number of carbonyl (C=O) groups is 1. The van der Waals surface area contributed by atoms with Gasteiger partial charge in [0.25, 0.3) is 0 Å². The van der Waals surface area contributed by atoms with Gasteiger partial charge >= 0.3 is 5.97 Å². The molecular weight excluding hydrogens is 242 g/mol. The Kier molecular flexibility index (Phi) is 3.42. The second-order valence-corrected chi connectivity index (χ2v) is 5.41. The normalized spacial score (nSPS) is 26.4. The van der Waals surface area contributed by atoms with Crippen molar-refractivity contribution >= 4 is 5.97 Å². The third-order valence-corrected chi connectivity index (χ3v) is 4.21. The predicted molar refractivity (Wildman–Crippen MR) is 70.7 cm³/mol. The number of methoxy groups -OCH3 is 1. The maximum atomic E-state index is 11.6. The Morgan fingerprint density at radius 2 is 2.05 bits per heavy atom. The fraction of sp³-hybridized carbons (Fsp3) is 0.533. The molecule has 2 heterocycles. The number of furan rings is 1. The Balaban J connectivity index is 1.67. The summed E-state index contributed by atoms with van der Waals surface area (Å²) < 4.78 is 10.2. The van der Waals surface area contributed by atoms with Crippen LogP contribution in [0.5, 0.6) is 0 Å². The third kappa shape index (κ3) is 2.45. The number of likely N-dealkylation sites (tertiary alicyclic amines) is 1. The van der Waals surface area contributed by atoms with Crippen LogP contribution in [0.15, 0.2) is 28.9 Å². The summed E-state index contributed by atoms with van der Waals surface area (Å²) in [5.74, 6) is 1.93. The van der Waals surface area contributed by atoms with Gasteiger partial charge in [-0.1, -0.05) is 12.2 Å². The van der Waals surface area contributed by atoms with Crippen molar-refractivity contribution in [2.45, 2.75) is 19.4 Å². The van der Waals surface area contributed by atoms with E-state index in [4.69, 9.17) is 9.15 Å². The molecule has 2 aliphatic rings. The van der Waals surface area contributed by atoms with Gasteiger partial charge in [-0.05, 0) is 30.7 Å². The summed E-state index contributed by atoms with van der Waals surface area (Å²) in [6.07, 6.45) is 8.51. The minimum atomic E-state index is -0.318. The second kappa shape index (κ2) is 5.21. The van der Waals surface area contributed by atoms with E-state index in [2.05, 4.69) is 17.1 Å². The largest absolute Gasteiger partial charge is 0.467 e. The van der Waals surface area contributed by atoms with Gasteiger partial charge in [0, 0.05) is 13.1 Å². The molecule has 1 saturated heterocycles. The van der Waals surface area contributed by atoms with Crippen LogP contribution in [0.1, 0.15) is 29.0 Å². The zero-order valence-corrected chi connectivity index (χ0v) is 11.2. The molecule has 0 amide bonds. The highest BCUT2D eigenvalue weighted by Crippen LogP contribution is 2.33. The smallest absolute Gasteiger partial charge is 0.341 e. The molecule has 1 fully saturated rings. The van der Waals surface area contributed by atoms with Crippen LogP contribution in [0.25, 0.3) is 0 Å². The first kappa shape index (κ1) is 12.5. The van der Waals surface area contributed by atoms with Gasteiger partial charge in [-0.2, -0.15) is 0 Å². The van der Waals surface area contributed by atoms with Crippen molar-refractivity contribution in [2.75, 3.05) is 20.2 Å². The molecule has 4 heteroatoms. The van der Waals surface area contributed by atoms with Gasteiger partial charge in [-0.25, -0.2) is 4.79 Å². The Morgan fingerprint density at radius 3 is 2.68 bits per heavy atom. The van der Waals surface area contributed by atoms with Crippen LogP contribution in [0, 0.1) is 11.8 Å². The van der Waals surface area contributed by atoms with Crippen molar-refractivity contribution in [3.8, 4) is 0 Å². The SMILES string of the molecule is COC(=O)c1ccoc1CN1C[C@H]2CC=CC[C@H]2C1. The molecular formula is C15H19NO3. The molecule has 1 aromatic rings. The van der Waals surface area contributed by atoms with Crippen LogP contribution in [-0.4, -0.2) is 31.1 Å². The Morgan fingerprint density at radius 1 is 1.37 bits per heavy atom. The van der Waals surface area contributed by atoms with Crippen LogP contribution < -0.4 is 0 Å². The first-order valence-electron chi connectivity index (χ1n) is 6.80. The number of fused-ring (bicyclic) bond motifs is 1. The summed E-state index contributed by atoms with van der Waals surface area (Å²) >= 11 is 0. The molecule has 3 rings (SSSR count). The van der Waals surface area contributed by atoms with Gasteiger partial charge in [0.1, 0.15) is 11.3 Å². The van der Waals surface area contributed by atoms with Gasteiger partial charge in [-0.15, -0.1) is 0 Å². The highest BCUT2D eigenvalue weighted by atomic mass is 16.5. The van der Waals surface area contributed by atoms with Crippen LogP contribution >= 0.6 is 0 Å². The highest BCUT2D eigenvalue weighted by molar-refractivity contribution is 5.90. The molecule has 4 nitrogen and oxygen atoms in total. The zero-order valence-electron chi connectivity index (χ0n) is 11.2. The summed E-state index contributed by atoms with van der Waals surface area (Å²) in [7, 11) is 1.40. The van der Waals surface area contributed by atoms with Crippen molar-refractivity contribution in [1.29, 1.82) is 0 Å². The number of carbonyl (C=O) groups excluding carboxylic acids is 1. The molecule has 0 aromatic carbocycles. The minimum Gasteiger partial charge on any atom is -0.467 e. The lowest BCUT2D eigenvalue weighted by atomic mass is 9.86. The maximum absolute atomic E-state index is 11.6. The van der Waals surface area contributed by atoms with Gasteiger partial charge in [0.05, 0.1) is 19.9 Å². The lowest BCUT2D eigenvalue weighted by Gasteiger charge is -2.18. The van der Waals surface area contributed by atoms with E-state index >= 15 is 0 Å². The second-order valence-electron chi connectivity index (χ2n) is 5.41. The average molecular weight is 261 g/mol. The van der Waals surface area contributed by atoms with Crippen LogP contribution in [0.3, 0.4) is 0 Å². The van der Waals surface area contributed by atoms with E-state index in [-0.39, 0.29) is 5.97 Å². The molecule has 0 saturated carbocycles. The summed E-state index contributed by atoms with van der Waals surface area (Å²) in [5.41, 5.74) is 0.551. The number of hydrogen-bond donors (Lipinski definition) is 0. The molecule has 1 aromatic heterocycles. The van der Waals surface area contributed by atoms with Crippen LogP contribution in [0.4, 0.5) is 0 Å². The Labute approximate surface area is 113 Å². The fourth-order valence-electron chi connectivity index (χ4n) is 3.20. The molecule has 19 heavy (non-hydrogen) atoms. The zero-order chi connectivity index (χ0) is 13.2. The number of allylic oxidation sites excluding steroid dienone is 2. The van der Waals surface area contributed by atoms with E-state index in [1.807, 2.05) is 0 Å². The molecule has 0 N–H and O–H groups in total. The quantitative estimate of drug-likeness (QED) is 0.619. The van der Waals surface area contributed by atoms with Gasteiger partial charge in [0.15, 0.2) is 0 Å². The van der Waals surface area contributed by atoms with E-state index in [1.165, 1.54) is 20.0 Å². The summed E-state index contributed by atoms with van der Waals surface area (Å²) in [4.78, 5) is 14.0. The van der Waals surface area contributed by atoms with E-state index in [1.54, 1.807) is 12.3 Å². The lowest BCUT2D eigenvalue weighted by molar-refractivity contribution is 0.0596. The number of esters is 1. The topological polar surface area (TPSA) is 42.7 Å². The van der Waals surface area contributed by atoms with Crippen LogP contribution in [0.2, 0.25) is 0 Å². The number of nitrogens with zero attached hydrogens (tertiary/aromatic N) is 1. The number of ether oxygens (including phenoxy) is 1. The molecule has 1 aliphatic heterocycles.